The minimum absolute atomic E-state index is 0.168. The van der Waals surface area contributed by atoms with Crippen molar-refractivity contribution in [3.8, 4) is 5.75 Å². The van der Waals surface area contributed by atoms with Crippen molar-refractivity contribution in [2.24, 2.45) is 0 Å². The van der Waals surface area contributed by atoms with E-state index in [2.05, 4.69) is 15.4 Å². The van der Waals surface area contributed by atoms with Crippen molar-refractivity contribution in [1.29, 1.82) is 0 Å². The van der Waals surface area contributed by atoms with E-state index in [9.17, 15) is 4.79 Å². The maximum atomic E-state index is 11.9. The van der Waals surface area contributed by atoms with Gasteiger partial charge in [0.2, 0.25) is 4.96 Å². The highest BCUT2D eigenvalue weighted by Gasteiger charge is 2.04. The van der Waals surface area contributed by atoms with E-state index in [4.69, 9.17) is 4.74 Å². The summed E-state index contributed by atoms with van der Waals surface area (Å²) < 4.78 is 6.92. The Bertz CT molecular complexity index is 806. The van der Waals surface area contributed by atoms with Gasteiger partial charge in [0.05, 0.1) is 7.11 Å². The zero-order valence-electron chi connectivity index (χ0n) is 10.0. The summed E-state index contributed by atoms with van der Waals surface area (Å²) in [6.07, 6.45) is 3.03. The summed E-state index contributed by atoms with van der Waals surface area (Å²) in [5.41, 5.74) is 0.706. The summed E-state index contributed by atoms with van der Waals surface area (Å²) >= 11 is 1.29. The minimum Gasteiger partial charge on any atom is -0.497 e. The molecule has 0 aliphatic rings. The Labute approximate surface area is 112 Å². The molecule has 0 unspecified atom stereocenters. The van der Waals surface area contributed by atoms with Gasteiger partial charge in [-0.05, 0) is 24.3 Å². The first-order valence-electron chi connectivity index (χ1n) is 5.51. The average Bonchev–Trinajstić information content (AvgIpc) is 3.01. The zero-order chi connectivity index (χ0) is 13.2. The van der Waals surface area contributed by atoms with Crippen molar-refractivity contribution in [2.45, 2.75) is 0 Å². The molecular formula is C12H10N4O2S. The van der Waals surface area contributed by atoms with Crippen LogP contribution < -0.4 is 20.1 Å². The normalized spacial score (nSPS) is 11.9. The lowest BCUT2D eigenvalue weighted by molar-refractivity contribution is 0.415. The second-order valence-electron chi connectivity index (χ2n) is 3.74. The van der Waals surface area contributed by atoms with Gasteiger partial charge in [-0.2, -0.15) is 9.61 Å². The molecule has 0 aliphatic heterocycles. The third kappa shape index (κ3) is 2.15. The van der Waals surface area contributed by atoms with Crippen LogP contribution in [0.2, 0.25) is 0 Å². The van der Waals surface area contributed by atoms with Crippen molar-refractivity contribution in [3.05, 3.63) is 45.5 Å². The van der Waals surface area contributed by atoms with Crippen LogP contribution in [0, 0.1) is 0 Å². The van der Waals surface area contributed by atoms with E-state index in [1.165, 1.54) is 22.2 Å². The molecular weight excluding hydrogens is 264 g/mol. The molecule has 3 aromatic rings. The number of hydrogen-bond donors (Lipinski definition) is 1. The molecule has 3 rings (SSSR count). The van der Waals surface area contributed by atoms with Crippen LogP contribution >= 0.6 is 11.3 Å². The summed E-state index contributed by atoms with van der Waals surface area (Å²) in [6.45, 7) is 0. The van der Waals surface area contributed by atoms with Gasteiger partial charge in [-0.3, -0.25) is 4.79 Å². The third-order valence-electron chi connectivity index (χ3n) is 2.58. The van der Waals surface area contributed by atoms with Crippen molar-refractivity contribution in [2.75, 3.05) is 12.4 Å². The van der Waals surface area contributed by atoms with Crippen LogP contribution in [0.1, 0.15) is 0 Å². The molecule has 96 valence electrons. The molecule has 0 amide bonds. The smallest absolute Gasteiger partial charge is 0.292 e. The molecule has 0 aliphatic carbocycles. The predicted octanol–water partition coefficient (Wildman–Crippen LogP) is 0.729. The van der Waals surface area contributed by atoms with E-state index >= 15 is 0 Å². The quantitative estimate of drug-likeness (QED) is 0.762. The first kappa shape index (κ1) is 11.7. The van der Waals surface area contributed by atoms with Gasteiger partial charge in [0.1, 0.15) is 16.6 Å². The maximum Gasteiger partial charge on any atom is 0.292 e. The number of rotatable bonds is 3. The van der Waals surface area contributed by atoms with E-state index in [1.807, 2.05) is 24.3 Å². The fourth-order valence-electron chi connectivity index (χ4n) is 1.61. The molecule has 1 N–H and O–H groups in total. The van der Waals surface area contributed by atoms with Gasteiger partial charge >= 0.3 is 0 Å². The van der Waals surface area contributed by atoms with Gasteiger partial charge in [-0.15, -0.1) is 0 Å². The van der Waals surface area contributed by atoms with Gasteiger partial charge in [-0.1, -0.05) is 11.3 Å². The number of anilines is 1. The summed E-state index contributed by atoms with van der Waals surface area (Å²) in [4.78, 5) is 16.5. The standard InChI is InChI=1S/C12H10N4O2S/c1-18-9-4-2-8(3-5-9)13-6-10-11(17)16-12(19-10)14-7-15-16/h2-7,13H,1H3/b10-6-. The molecule has 2 heterocycles. The Kier molecular flexibility index (Phi) is 2.88. The van der Waals surface area contributed by atoms with Gasteiger partial charge in [-0.25, -0.2) is 4.98 Å². The number of nitrogens with zero attached hydrogens (tertiary/aromatic N) is 3. The van der Waals surface area contributed by atoms with E-state index < -0.39 is 0 Å². The Morgan fingerprint density at radius 3 is 2.84 bits per heavy atom. The average molecular weight is 274 g/mol. The fraction of sp³-hybridized carbons (Fsp3) is 0.0833. The molecule has 0 saturated carbocycles. The molecule has 7 heteroatoms. The first-order valence-corrected chi connectivity index (χ1v) is 6.33. The number of nitrogens with one attached hydrogen (secondary N) is 1. The molecule has 0 spiro atoms. The second kappa shape index (κ2) is 4.69. The predicted molar refractivity (Wildman–Crippen MR) is 73.4 cm³/mol. The monoisotopic (exact) mass is 274 g/mol. The maximum absolute atomic E-state index is 11.9. The number of thiazole rings is 1. The summed E-state index contributed by atoms with van der Waals surface area (Å²) in [5, 5.41) is 6.92. The molecule has 19 heavy (non-hydrogen) atoms. The second-order valence-corrected chi connectivity index (χ2v) is 4.75. The number of aromatic nitrogens is 3. The van der Waals surface area contributed by atoms with Crippen molar-refractivity contribution in [3.63, 3.8) is 0 Å². The van der Waals surface area contributed by atoms with Crippen LogP contribution in [0.3, 0.4) is 0 Å². The zero-order valence-corrected chi connectivity index (χ0v) is 10.8. The van der Waals surface area contributed by atoms with Gasteiger partial charge in [0.25, 0.3) is 5.56 Å². The van der Waals surface area contributed by atoms with Crippen LogP contribution in [0.15, 0.2) is 35.4 Å². The van der Waals surface area contributed by atoms with Gasteiger partial charge in [0.15, 0.2) is 0 Å². The van der Waals surface area contributed by atoms with Crippen LogP contribution in [-0.2, 0) is 0 Å². The van der Waals surface area contributed by atoms with E-state index in [1.54, 1.807) is 13.3 Å². The lowest BCUT2D eigenvalue weighted by Crippen LogP contribution is -2.24. The molecule has 0 bridgehead atoms. The van der Waals surface area contributed by atoms with Crippen LogP contribution in [-0.4, -0.2) is 21.7 Å². The largest absolute Gasteiger partial charge is 0.497 e. The van der Waals surface area contributed by atoms with Gasteiger partial charge in [0, 0.05) is 11.9 Å². The molecule has 2 aromatic heterocycles. The number of methoxy groups -OCH3 is 1. The highest BCUT2D eigenvalue weighted by Crippen LogP contribution is 2.14. The summed E-state index contributed by atoms with van der Waals surface area (Å²) in [7, 11) is 1.62. The topological polar surface area (TPSA) is 68.5 Å². The molecule has 6 nitrogen and oxygen atoms in total. The minimum atomic E-state index is -0.168. The number of hydrogen-bond acceptors (Lipinski definition) is 6. The molecule has 0 saturated heterocycles. The summed E-state index contributed by atoms with van der Waals surface area (Å²) in [6, 6.07) is 7.43. The lowest BCUT2D eigenvalue weighted by atomic mass is 10.3. The lowest BCUT2D eigenvalue weighted by Gasteiger charge is -2.01. The highest BCUT2D eigenvalue weighted by molar-refractivity contribution is 7.15. The number of fused-ring (bicyclic) bond motifs is 1. The van der Waals surface area contributed by atoms with Crippen LogP contribution in [0.25, 0.3) is 11.2 Å². The van der Waals surface area contributed by atoms with Crippen molar-refractivity contribution in [1.82, 2.24) is 14.6 Å². The summed E-state index contributed by atoms with van der Waals surface area (Å²) in [5.74, 6) is 0.786. The third-order valence-corrected chi connectivity index (χ3v) is 3.55. The van der Waals surface area contributed by atoms with Crippen molar-refractivity contribution >= 4 is 28.2 Å². The molecule has 0 fully saturated rings. The van der Waals surface area contributed by atoms with E-state index in [-0.39, 0.29) is 5.56 Å². The SMILES string of the molecule is COc1ccc(N/C=c2\sc3ncnn3c2=O)cc1. The fourth-order valence-corrected chi connectivity index (χ4v) is 2.42. The molecule has 1 aromatic carbocycles. The number of benzene rings is 1. The molecule has 0 radical (unpaired) electrons. The highest BCUT2D eigenvalue weighted by atomic mass is 32.1. The van der Waals surface area contributed by atoms with E-state index in [0.717, 1.165) is 11.4 Å². The Balaban J connectivity index is 1.90. The number of ether oxygens (including phenoxy) is 1. The van der Waals surface area contributed by atoms with Gasteiger partial charge < -0.3 is 10.1 Å². The van der Waals surface area contributed by atoms with Crippen LogP contribution in [0.4, 0.5) is 5.69 Å². The first-order chi connectivity index (χ1) is 9.28. The Morgan fingerprint density at radius 2 is 2.16 bits per heavy atom. The molecule has 0 atom stereocenters. The van der Waals surface area contributed by atoms with Crippen LogP contribution in [0.5, 0.6) is 5.75 Å². The van der Waals surface area contributed by atoms with E-state index in [0.29, 0.717) is 9.49 Å². The Hall–Kier alpha value is -2.41. The Morgan fingerprint density at radius 1 is 1.37 bits per heavy atom. The van der Waals surface area contributed by atoms with Crippen molar-refractivity contribution < 1.29 is 4.74 Å².